The molecule has 0 spiro atoms. The molecule has 2 heterocycles. The molecule has 0 aliphatic carbocycles. The SMILES string of the molecule is Cc1ccc2c(c1)C(=O)C(=O)N2CCCN1CCN(Cc2ccccc2)CC1. The van der Waals surface area contributed by atoms with Crippen molar-refractivity contribution in [3.63, 3.8) is 0 Å². The summed E-state index contributed by atoms with van der Waals surface area (Å²) in [6.45, 7) is 8.75. The normalized spacial score (nSPS) is 18.0. The largest absolute Gasteiger partial charge is 0.305 e. The third kappa shape index (κ3) is 4.01. The number of fused-ring (bicyclic) bond motifs is 1. The Balaban J connectivity index is 1.24. The van der Waals surface area contributed by atoms with Crippen LogP contribution in [0.15, 0.2) is 48.5 Å². The van der Waals surface area contributed by atoms with Gasteiger partial charge in [0.1, 0.15) is 0 Å². The van der Waals surface area contributed by atoms with Crippen molar-refractivity contribution in [3.8, 4) is 0 Å². The number of amides is 1. The Morgan fingerprint density at radius 2 is 1.57 bits per heavy atom. The van der Waals surface area contributed by atoms with E-state index in [1.165, 1.54) is 5.56 Å². The first-order chi connectivity index (χ1) is 13.6. The fourth-order valence-electron chi connectivity index (χ4n) is 4.10. The molecule has 0 saturated carbocycles. The predicted octanol–water partition coefficient (Wildman–Crippen LogP) is 2.73. The van der Waals surface area contributed by atoms with Crippen LogP contribution in [-0.2, 0) is 11.3 Å². The molecular weight excluding hydrogens is 350 g/mol. The summed E-state index contributed by atoms with van der Waals surface area (Å²) in [7, 11) is 0. The lowest BCUT2D eigenvalue weighted by molar-refractivity contribution is -0.114. The van der Waals surface area contributed by atoms with E-state index in [9.17, 15) is 9.59 Å². The monoisotopic (exact) mass is 377 g/mol. The predicted molar refractivity (Wildman–Crippen MR) is 111 cm³/mol. The Bertz CT molecular complexity index is 857. The fourth-order valence-corrected chi connectivity index (χ4v) is 4.10. The van der Waals surface area contributed by atoms with E-state index in [0.29, 0.717) is 12.1 Å². The lowest BCUT2D eigenvalue weighted by Crippen LogP contribution is -2.46. The minimum Gasteiger partial charge on any atom is -0.305 e. The third-order valence-electron chi connectivity index (χ3n) is 5.70. The molecule has 2 aromatic carbocycles. The number of ketones is 1. The van der Waals surface area contributed by atoms with Crippen LogP contribution >= 0.6 is 0 Å². The number of piperazine rings is 1. The van der Waals surface area contributed by atoms with E-state index in [-0.39, 0.29) is 11.7 Å². The minimum absolute atomic E-state index is 0.367. The van der Waals surface area contributed by atoms with Gasteiger partial charge in [-0.25, -0.2) is 0 Å². The molecule has 0 atom stereocenters. The van der Waals surface area contributed by atoms with Crippen molar-refractivity contribution < 1.29 is 9.59 Å². The van der Waals surface area contributed by atoms with E-state index >= 15 is 0 Å². The van der Waals surface area contributed by atoms with Gasteiger partial charge in [0.2, 0.25) is 0 Å². The summed E-state index contributed by atoms with van der Waals surface area (Å²) in [6.07, 6.45) is 0.880. The quantitative estimate of drug-likeness (QED) is 0.726. The molecule has 2 aliphatic rings. The topological polar surface area (TPSA) is 43.9 Å². The number of hydrogen-bond donors (Lipinski definition) is 0. The molecule has 2 aliphatic heterocycles. The van der Waals surface area contributed by atoms with Crippen LogP contribution in [0.2, 0.25) is 0 Å². The molecule has 5 nitrogen and oxygen atoms in total. The minimum atomic E-state index is -0.381. The van der Waals surface area contributed by atoms with Gasteiger partial charge in [-0.2, -0.15) is 0 Å². The van der Waals surface area contributed by atoms with Gasteiger partial charge in [0, 0.05) is 39.3 Å². The van der Waals surface area contributed by atoms with Crippen molar-refractivity contribution in [2.24, 2.45) is 0 Å². The molecule has 2 aromatic rings. The fraction of sp³-hybridized carbons (Fsp3) is 0.391. The van der Waals surface area contributed by atoms with E-state index < -0.39 is 0 Å². The maximum atomic E-state index is 12.3. The first kappa shape index (κ1) is 18.8. The highest BCUT2D eigenvalue weighted by molar-refractivity contribution is 6.52. The van der Waals surface area contributed by atoms with Crippen LogP contribution in [0.4, 0.5) is 5.69 Å². The first-order valence-corrected chi connectivity index (χ1v) is 10.1. The summed E-state index contributed by atoms with van der Waals surface area (Å²) in [6, 6.07) is 16.3. The second kappa shape index (κ2) is 8.25. The van der Waals surface area contributed by atoms with Gasteiger partial charge in [0.15, 0.2) is 0 Å². The van der Waals surface area contributed by atoms with Crippen molar-refractivity contribution in [1.82, 2.24) is 9.80 Å². The Labute approximate surface area is 166 Å². The van der Waals surface area contributed by atoms with Crippen LogP contribution in [0.3, 0.4) is 0 Å². The molecule has 1 saturated heterocycles. The number of nitrogens with zero attached hydrogens (tertiary/aromatic N) is 3. The zero-order valence-corrected chi connectivity index (χ0v) is 16.4. The van der Waals surface area contributed by atoms with E-state index in [4.69, 9.17) is 0 Å². The summed E-state index contributed by atoms with van der Waals surface area (Å²) in [5, 5.41) is 0. The van der Waals surface area contributed by atoms with Gasteiger partial charge < -0.3 is 9.80 Å². The van der Waals surface area contributed by atoms with Crippen LogP contribution < -0.4 is 4.90 Å². The van der Waals surface area contributed by atoms with Gasteiger partial charge >= 0.3 is 0 Å². The van der Waals surface area contributed by atoms with Gasteiger partial charge in [-0.15, -0.1) is 0 Å². The summed E-state index contributed by atoms with van der Waals surface area (Å²) in [5.41, 5.74) is 3.70. The highest BCUT2D eigenvalue weighted by atomic mass is 16.2. The van der Waals surface area contributed by atoms with E-state index in [0.717, 1.165) is 56.9 Å². The van der Waals surface area contributed by atoms with Crippen molar-refractivity contribution in [2.45, 2.75) is 19.9 Å². The number of aryl methyl sites for hydroxylation is 1. The summed E-state index contributed by atoms with van der Waals surface area (Å²) in [4.78, 5) is 31.1. The Kier molecular flexibility index (Phi) is 5.55. The second-order valence-electron chi connectivity index (χ2n) is 7.76. The molecule has 4 rings (SSSR count). The van der Waals surface area contributed by atoms with Crippen LogP contribution in [-0.4, -0.2) is 60.8 Å². The number of benzene rings is 2. The van der Waals surface area contributed by atoms with Crippen molar-refractivity contribution in [3.05, 3.63) is 65.2 Å². The standard InChI is InChI=1S/C23H27N3O2/c1-18-8-9-21-20(16-18)22(27)23(28)26(21)11-5-10-24-12-14-25(15-13-24)17-19-6-3-2-4-7-19/h2-4,6-9,16H,5,10-15,17H2,1H3. The number of Topliss-reactive ketones (excluding diaryl/α,β-unsaturated/α-hetero) is 1. The number of carbonyl (C=O) groups is 2. The maximum Gasteiger partial charge on any atom is 0.299 e. The molecule has 0 unspecified atom stereocenters. The molecule has 146 valence electrons. The van der Waals surface area contributed by atoms with Crippen LogP contribution in [0.1, 0.15) is 27.9 Å². The van der Waals surface area contributed by atoms with Gasteiger partial charge in [-0.1, -0.05) is 42.0 Å². The lowest BCUT2D eigenvalue weighted by atomic mass is 10.1. The van der Waals surface area contributed by atoms with E-state index in [2.05, 4.69) is 40.1 Å². The number of anilines is 1. The molecule has 0 radical (unpaired) electrons. The number of rotatable bonds is 6. The van der Waals surface area contributed by atoms with Crippen LogP contribution in [0.25, 0.3) is 0 Å². The first-order valence-electron chi connectivity index (χ1n) is 10.1. The molecule has 0 bridgehead atoms. The van der Waals surface area contributed by atoms with Gasteiger partial charge in [-0.3, -0.25) is 14.5 Å². The molecule has 28 heavy (non-hydrogen) atoms. The lowest BCUT2D eigenvalue weighted by Gasteiger charge is -2.35. The Hall–Kier alpha value is -2.50. The van der Waals surface area contributed by atoms with Crippen molar-refractivity contribution in [2.75, 3.05) is 44.2 Å². The zero-order chi connectivity index (χ0) is 19.5. The molecule has 1 fully saturated rings. The zero-order valence-electron chi connectivity index (χ0n) is 16.4. The number of carbonyl (C=O) groups excluding carboxylic acids is 2. The second-order valence-corrected chi connectivity index (χ2v) is 7.76. The average molecular weight is 377 g/mol. The molecule has 1 amide bonds. The van der Waals surface area contributed by atoms with Crippen molar-refractivity contribution in [1.29, 1.82) is 0 Å². The number of hydrogen-bond acceptors (Lipinski definition) is 4. The highest BCUT2D eigenvalue weighted by Crippen LogP contribution is 2.29. The molecule has 0 aromatic heterocycles. The summed E-state index contributed by atoms with van der Waals surface area (Å²) < 4.78 is 0. The Morgan fingerprint density at radius 3 is 2.32 bits per heavy atom. The Morgan fingerprint density at radius 1 is 0.857 bits per heavy atom. The molecule has 5 heteroatoms. The van der Waals surface area contributed by atoms with Gasteiger partial charge in [-0.05, 0) is 37.6 Å². The third-order valence-corrected chi connectivity index (χ3v) is 5.70. The maximum absolute atomic E-state index is 12.3. The average Bonchev–Trinajstić information content (AvgIpc) is 2.94. The summed E-state index contributed by atoms with van der Waals surface area (Å²) in [5.74, 6) is -0.749. The van der Waals surface area contributed by atoms with Crippen LogP contribution in [0, 0.1) is 6.92 Å². The van der Waals surface area contributed by atoms with Gasteiger partial charge in [0.25, 0.3) is 11.7 Å². The summed E-state index contributed by atoms with van der Waals surface area (Å²) >= 11 is 0. The van der Waals surface area contributed by atoms with E-state index in [1.807, 2.05) is 25.1 Å². The van der Waals surface area contributed by atoms with Crippen LogP contribution in [0.5, 0.6) is 0 Å². The molecule has 0 N–H and O–H groups in total. The van der Waals surface area contributed by atoms with E-state index in [1.54, 1.807) is 4.90 Å². The smallest absolute Gasteiger partial charge is 0.299 e. The van der Waals surface area contributed by atoms with Crippen molar-refractivity contribution >= 4 is 17.4 Å². The van der Waals surface area contributed by atoms with Gasteiger partial charge in [0.05, 0.1) is 11.3 Å². The highest BCUT2D eigenvalue weighted by Gasteiger charge is 2.35. The molecular formula is C23H27N3O2.